The fraction of sp³-hybridized carbons (Fsp3) is 0.190. The zero-order chi connectivity index (χ0) is 22.0. The Morgan fingerprint density at radius 3 is 2.71 bits per heavy atom. The quantitative estimate of drug-likeness (QED) is 0.551. The van der Waals surface area contributed by atoms with Crippen LogP contribution in [0.25, 0.3) is 6.08 Å². The molecule has 2 aromatic rings. The van der Waals surface area contributed by atoms with Crippen molar-refractivity contribution in [1.29, 1.82) is 0 Å². The van der Waals surface area contributed by atoms with Gasteiger partial charge in [-0.25, -0.2) is 4.79 Å². The van der Waals surface area contributed by atoms with E-state index in [2.05, 4.69) is 5.32 Å². The molecular formula is C21H17NO9. The van der Waals surface area contributed by atoms with E-state index in [-0.39, 0.29) is 29.8 Å². The lowest BCUT2D eigenvalue weighted by molar-refractivity contribution is -0.143. The Kier molecular flexibility index (Phi) is 5.46. The molecular weight excluding hydrogens is 410 g/mol. The fourth-order valence-electron chi connectivity index (χ4n) is 2.98. The summed E-state index contributed by atoms with van der Waals surface area (Å²) in [5, 5.41) is 19.9. The molecule has 1 amide bonds. The van der Waals surface area contributed by atoms with Crippen LogP contribution in [0.5, 0.6) is 23.0 Å². The van der Waals surface area contributed by atoms with Crippen molar-refractivity contribution in [2.45, 2.75) is 6.04 Å². The van der Waals surface area contributed by atoms with Gasteiger partial charge in [0, 0.05) is 6.07 Å². The van der Waals surface area contributed by atoms with Gasteiger partial charge in [-0.1, -0.05) is 6.07 Å². The number of hydrogen-bond donors (Lipinski definition) is 3. The third-order valence-corrected chi connectivity index (χ3v) is 4.52. The highest BCUT2D eigenvalue weighted by molar-refractivity contribution is 6.14. The third kappa shape index (κ3) is 4.28. The first-order valence-corrected chi connectivity index (χ1v) is 9.18. The first-order valence-electron chi connectivity index (χ1n) is 9.18. The van der Waals surface area contributed by atoms with Gasteiger partial charge >= 0.3 is 5.97 Å². The summed E-state index contributed by atoms with van der Waals surface area (Å²) in [5.41, 5.74) is 1.04. The predicted molar refractivity (Wildman–Crippen MR) is 104 cm³/mol. The normalized spacial score (nSPS) is 15.9. The molecule has 2 aliphatic heterocycles. The number of carboxylic acids is 1. The summed E-state index contributed by atoms with van der Waals surface area (Å²) in [7, 11) is 0. The van der Waals surface area contributed by atoms with Crippen molar-refractivity contribution in [3.05, 3.63) is 53.3 Å². The van der Waals surface area contributed by atoms with Crippen LogP contribution in [0.15, 0.2) is 42.2 Å². The van der Waals surface area contributed by atoms with E-state index >= 15 is 0 Å². The number of carbonyl (C=O) groups is 3. The number of allylic oxidation sites excluding steroid dienone is 1. The van der Waals surface area contributed by atoms with Crippen molar-refractivity contribution in [3.8, 4) is 23.0 Å². The molecule has 0 spiro atoms. The van der Waals surface area contributed by atoms with Crippen molar-refractivity contribution in [3.63, 3.8) is 0 Å². The minimum atomic E-state index is -1.42. The molecule has 4 rings (SSSR count). The van der Waals surface area contributed by atoms with E-state index in [1.54, 1.807) is 24.3 Å². The molecule has 0 unspecified atom stereocenters. The van der Waals surface area contributed by atoms with Crippen LogP contribution in [-0.2, 0) is 9.59 Å². The van der Waals surface area contributed by atoms with Gasteiger partial charge in [0.2, 0.25) is 12.6 Å². The Bertz CT molecular complexity index is 1090. The first-order chi connectivity index (χ1) is 14.9. The van der Waals surface area contributed by atoms with Crippen molar-refractivity contribution in [2.24, 2.45) is 0 Å². The number of ether oxygens (including phenoxy) is 4. The highest BCUT2D eigenvalue weighted by atomic mass is 16.7. The summed E-state index contributed by atoms with van der Waals surface area (Å²) < 4.78 is 21.6. The summed E-state index contributed by atoms with van der Waals surface area (Å²) in [6.07, 6.45) is 1.58. The Hall–Kier alpha value is -4.05. The fourth-order valence-corrected chi connectivity index (χ4v) is 2.98. The summed E-state index contributed by atoms with van der Waals surface area (Å²) in [6, 6.07) is 8.30. The van der Waals surface area contributed by atoms with Gasteiger partial charge in [-0.15, -0.1) is 0 Å². The molecule has 0 bridgehead atoms. The largest absolute Gasteiger partial charge is 0.484 e. The number of carboxylic acid groups (broad SMARTS) is 1. The third-order valence-electron chi connectivity index (χ3n) is 4.52. The number of aliphatic hydroxyl groups is 1. The van der Waals surface area contributed by atoms with Gasteiger partial charge in [-0.2, -0.15) is 0 Å². The van der Waals surface area contributed by atoms with Crippen LogP contribution in [0.4, 0.5) is 0 Å². The molecule has 10 heteroatoms. The van der Waals surface area contributed by atoms with Crippen LogP contribution < -0.4 is 24.3 Å². The molecule has 0 aliphatic carbocycles. The van der Waals surface area contributed by atoms with Crippen LogP contribution in [0.1, 0.15) is 15.9 Å². The van der Waals surface area contributed by atoms with E-state index in [1.807, 2.05) is 0 Å². The zero-order valence-corrected chi connectivity index (χ0v) is 16.0. The van der Waals surface area contributed by atoms with Crippen LogP contribution in [0.3, 0.4) is 0 Å². The minimum absolute atomic E-state index is 0.121. The first kappa shape index (κ1) is 20.2. The molecule has 0 radical (unpaired) electrons. The number of Topliss-reactive ketones (excluding diaryl/α,β-unsaturated/α-hetero) is 1. The van der Waals surface area contributed by atoms with E-state index in [0.29, 0.717) is 22.6 Å². The molecule has 2 aliphatic rings. The molecule has 2 aromatic carbocycles. The highest BCUT2D eigenvalue weighted by Gasteiger charge is 2.28. The number of amides is 1. The van der Waals surface area contributed by atoms with E-state index in [1.165, 1.54) is 18.2 Å². The molecule has 0 saturated heterocycles. The average Bonchev–Trinajstić information content (AvgIpc) is 3.34. The van der Waals surface area contributed by atoms with E-state index in [9.17, 15) is 14.4 Å². The number of aliphatic carboxylic acids is 1. The van der Waals surface area contributed by atoms with Crippen molar-refractivity contribution in [2.75, 3.05) is 20.0 Å². The minimum Gasteiger partial charge on any atom is -0.484 e. The second kappa shape index (κ2) is 8.36. The van der Waals surface area contributed by atoms with Gasteiger partial charge in [-0.05, 0) is 35.9 Å². The lowest BCUT2D eigenvalue weighted by Gasteiger charge is -2.12. The second-order valence-electron chi connectivity index (χ2n) is 6.64. The van der Waals surface area contributed by atoms with Gasteiger partial charge in [0.1, 0.15) is 17.5 Å². The number of carbonyl (C=O) groups excluding carboxylic acids is 2. The molecule has 160 valence electrons. The summed E-state index contributed by atoms with van der Waals surface area (Å²) >= 11 is 0. The van der Waals surface area contributed by atoms with Gasteiger partial charge in [-0.3, -0.25) is 9.59 Å². The summed E-state index contributed by atoms with van der Waals surface area (Å²) in [6.45, 7) is -1.07. The van der Waals surface area contributed by atoms with Crippen LogP contribution in [0.2, 0.25) is 0 Å². The molecule has 0 aromatic heterocycles. The monoisotopic (exact) mass is 427 g/mol. The Labute approximate surface area is 175 Å². The van der Waals surface area contributed by atoms with Crippen molar-refractivity contribution in [1.82, 2.24) is 5.32 Å². The van der Waals surface area contributed by atoms with Gasteiger partial charge in [0.25, 0.3) is 5.91 Å². The van der Waals surface area contributed by atoms with Crippen LogP contribution >= 0.6 is 0 Å². The highest BCUT2D eigenvalue weighted by Crippen LogP contribution is 2.37. The topological polar surface area (TPSA) is 141 Å². The van der Waals surface area contributed by atoms with Crippen LogP contribution in [-0.4, -0.2) is 53.9 Å². The maximum absolute atomic E-state index is 12.6. The maximum atomic E-state index is 12.6. The van der Waals surface area contributed by atoms with E-state index in [4.69, 9.17) is 29.2 Å². The number of fused-ring (bicyclic) bond motifs is 2. The van der Waals surface area contributed by atoms with E-state index < -0.39 is 31.1 Å². The second-order valence-corrected chi connectivity index (χ2v) is 6.64. The van der Waals surface area contributed by atoms with E-state index in [0.717, 1.165) is 0 Å². The predicted octanol–water partition coefficient (Wildman–Crippen LogP) is 0.972. The molecule has 3 N–H and O–H groups in total. The molecule has 10 nitrogen and oxygen atoms in total. The number of nitrogens with one attached hydrogen (secondary N) is 1. The van der Waals surface area contributed by atoms with Crippen molar-refractivity contribution >= 4 is 23.7 Å². The lowest BCUT2D eigenvalue weighted by atomic mass is 10.1. The molecule has 31 heavy (non-hydrogen) atoms. The smallest absolute Gasteiger partial charge is 0.328 e. The van der Waals surface area contributed by atoms with Crippen LogP contribution in [0, 0.1) is 0 Å². The lowest BCUT2D eigenvalue weighted by Crippen LogP contribution is -2.45. The number of rotatable bonds is 7. The SMILES string of the molecule is O=C(COc1ccc2c(c1)OC(=Cc1ccc3c(c1)OCO3)C2=O)N[C@@H](CO)C(=O)O. The average molecular weight is 427 g/mol. The summed E-state index contributed by atoms with van der Waals surface area (Å²) in [5.74, 6) is -0.526. The van der Waals surface area contributed by atoms with Gasteiger partial charge in [0.05, 0.1) is 12.2 Å². The molecule has 2 heterocycles. The Morgan fingerprint density at radius 2 is 1.94 bits per heavy atom. The Morgan fingerprint density at radius 1 is 1.13 bits per heavy atom. The Balaban J connectivity index is 1.42. The molecule has 1 atom stereocenters. The number of ketones is 1. The van der Waals surface area contributed by atoms with Gasteiger partial charge in [0.15, 0.2) is 23.9 Å². The number of hydrogen-bond acceptors (Lipinski definition) is 8. The zero-order valence-electron chi connectivity index (χ0n) is 16.0. The molecule has 0 saturated carbocycles. The van der Waals surface area contributed by atoms with Crippen molar-refractivity contribution < 1.29 is 43.5 Å². The maximum Gasteiger partial charge on any atom is 0.328 e. The number of aliphatic hydroxyl groups excluding tert-OH is 1. The summed E-state index contributed by atoms with van der Waals surface area (Å²) in [4.78, 5) is 35.2. The van der Waals surface area contributed by atoms with Gasteiger partial charge < -0.3 is 34.5 Å². The molecule has 0 fully saturated rings. The number of benzene rings is 2. The standard InChI is InChI=1S/C21H17NO9/c23-8-14(21(26)27)22-19(24)9-28-12-2-3-13-16(7-12)31-18(20(13)25)6-11-1-4-15-17(5-11)30-10-29-15/h1-7,14,23H,8-10H2,(H,22,24)(H,26,27)/t14-/m0/s1.